The van der Waals surface area contributed by atoms with E-state index in [1.807, 2.05) is 12.1 Å². The van der Waals surface area contributed by atoms with Crippen LogP contribution < -0.4 is 0 Å². The molecule has 22 heavy (non-hydrogen) atoms. The first-order valence-corrected chi connectivity index (χ1v) is 7.00. The quantitative estimate of drug-likeness (QED) is 0.749. The minimum atomic E-state index is -0.658. The van der Waals surface area contributed by atoms with Gasteiger partial charge in [-0.15, -0.1) is 5.10 Å². The van der Waals surface area contributed by atoms with E-state index in [0.717, 1.165) is 22.3 Å². The maximum Gasteiger partial charge on any atom is 0.240 e. The molecule has 0 amide bonds. The molecule has 3 aromatic rings. The van der Waals surface area contributed by atoms with Crippen molar-refractivity contribution >= 4 is 10.9 Å². The molecular weight excluding hydrogens is 285 g/mol. The number of fused-ring (bicyclic) bond motifs is 2. The molecule has 1 aliphatic rings. The number of aliphatic hydroxyl groups is 1. The van der Waals surface area contributed by atoms with E-state index >= 15 is 0 Å². The van der Waals surface area contributed by atoms with E-state index in [0.29, 0.717) is 17.5 Å². The van der Waals surface area contributed by atoms with Crippen LogP contribution in [0.1, 0.15) is 17.2 Å². The zero-order chi connectivity index (χ0) is 15.3. The summed E-state index contributed by atoms with van der Waals surface area (Å²) >= 11 is 0. The Bertz CT molecular complexity index is 875. The number of rotatable bonds is 1. The summed E-state index contributed by atoms with van der Waals surface area (Å²) < 4.78 is 20.6. The third kappa shape index (κ3) is 1.92. The summed E-state index contributed by atoms with van der Waals surface area (Å²) in [7, 11) is 1.71. The SMILES string of the molecule is Cn1nc(F)c2ccc(-c3cncc4c3COCC4O)cc21. The van der Waals surface area contributed by atoms with E-state index in [-0.39, 0.29) is 6.61 Å². The maximum atomic E-state index is 13.7. The van der Waals surface area contributed by atoms with Crippen LogP contribution >= 0.6 is 0 Å². The predicted molar refractivity (Wildman–Crippen MR) is 78.5 cm³/mol. The van der Waals surface area contributed by atoms with E-state index in [1.54, 1.807) is 25.5 Å². The highest BCUT2D eigenvalue weighted by molar-refractivity contribution is 5.85. The van der Waals surface area contributed by atoms with Crippen LogP contribution in [0.25, 0.3) is 22.0 Å². The van der Waals surface area contributed by atoms with Gasteiger partial charge in [0.05, 0.1) is 24.1 Å². The first-order chi connectivity index (χ1) is 10.6. The molecule has 2 aromatic heterocycles. The smallest absolute Gasteiger partial charge is 0.240 e. The summed E-state index contributed by atoms with van der Waals surface area (Å²) in [6.07, 6.45) is 2.76. The van der Waals surface area contributed by atoms with Gasteiger partial charge in [0.25, 0.3) is 0 Å². The van der Waals surface area contributed by atoms with Crippen LogP contribution in [0.2, 0.25) is 0 Å². The van der Waals surface area contributed by atoms with E-state index in [2.05, 4.69) is 10.1 Å². The first-order valence-electron chi connectivity index (χ1n) is 7.00. The lowest BCUT2D eigenvalue weighted by Gasteiger charge is -2.23. The van der Waals surface area contributed by atoms with Crippen molar-refractivity contribution in [3.63, 3.8) is 0 Å². The van der Waals surface area contributed by atoms with Crippen LogP contribution in [0.5, 0.6) is 0 Å². The fourth-order valence-electron chi connectivity index (χ4n) is 2.94. The number of aryl methyl sites for hydroxylation is 1. The molecule has 0 aliphatic carbocycles. The zero-order valence-electron chi connectivity index (χ0n) is 12.0. The molecule has 1 unspecified atom stereocenters. The van der Waals surface area contributed by atoms with Gasteiger partial charge >= 0.3 is 0 Å². The molecule has 1 N–H and O–H groups in total. The second-order valence-electron chi connectivity index (χ2n) is 5.43. The monoisotopic (exact) mass is 299 g/mol. The van der Waals surface area contributed by atoms with E-state index in [1.165, 1.54) is 4.68 Å². The minimum absolute atomic E-state index is 0.282. The predicted octanol–water partition coefficient (Wildman–Crippen LogP) is 2.34. The van der Waals surface area contributed by atoms with Gasteiger partial charge in [0.15, 0.2) is 0 Å². The van der Waals surface area contributed by atoms with Crippen molar-refractivity contribution in [3.8, 4) is 11.1 Å². The summed E-state index contributed by atoms with van der Waals surface area (Å²) in [5, 5.41) is 14.3. The lowest BCUT2D eigenvalue weighted by Crippen LogP contribution is -2.17. The lowest BCUT2D eigenvalue weighted by molar-refractivity contribution is 0.00981. The van der Waals surface area contributed by atoms with Crippen LogP contribution in [0, 0.1) is 5.95 Å². The molecule has 4 rings (SSSR count). The Kier molecular flexibility index (Phi) is 2.95. The van der Waals surface area contributed by atoms with Crippen LogP contribution in [-0.4, -0.2) is 26.5 Å². The topological polar surface area (TPSA) is 60.2 Å². The van der Waals surface area contributed by atoms with Crippen molar-refractivity contribution < 1.29 is 14.2 Å². The third-order valence-corrected chi connectivity index (χ3v) is 4.09. The fraction of sp³-hybridized carbons (Fsp3) is 0.250. The number of aromatic nitrogens is 3. The molecule has 0 spiro atoms. The highest BCUT2D eigenvalue weighted by atomic mass is 19.1. The van der Waals surface area contributed by atoms with E-state index < -0.39 is 12.1 Å². The number of nitrogens with zero attached hydrogens (tertiary/aromatic N) is 3. The summed E-state index contributed by atoms with van der Waals surface area (Å²) in [6, 6.07) is 5.43. The molecule has 0 fully saturated rings. The summed E-state index contributed by atoms with van der Waals surface area (Å²) in [6.45, 7) is 0.714. The van der Waals surface area contributed by atoms with Crippen molar-refractivity contribution in [1.82, 2.24) is 14.8 Å². The van der Waals surface area contributed by atoms with Crippen molar-refractivity contribution in [2.45, 2.75) is 12.7 Å². The number of aliphatic hydroxyl groups excluding tert-OH is 1. The van der Waals surface area contributed by atoms with Crippen LogP contribution in [-0.2, 0) is 18.4 Å². The van der Waals surface area contributed by atoms with Gasteiger partial charge in [0.1, 0.15) is 6.10 Å². The molecule has 5 nitrogen and oxygen atoms in total. The van der Waals surface area contributed by atoms with Crippen LogP contribution in [0.15, 0.2) is 30.6 Å². The second kappa shape index (κ2) is 4.86. The van der Waals surface area contributed by atoms with Gasteiger partial charge in [-0.3, -0.25) is 9.67 Å². The van der Waals surface area contributed by atoms with Crippen molar-refractivity contribution in [1.29, 1.82) is 0 Å². The second-order valence-corrected chi connectivity index (χ2v) is 5.43. The van der Waals surface area contributed by atoms with Crippen molar-refractivity contribution in [2.75, 3.05) is 6.61 Å². The molecule has 112 valence electrons. The summed E-state index contributed by atoms with van der Waals surface area (Å²) in [4.78, 5) is 4.22. The number of hydrogen-bond donors (Lipinski definition) is 1. The van der Waals surface area contributed by atoms with Crippen LogP contribution in [0.3, 0.4) is 0 Å². The number of ether oxygens (including phenoxy) is 1. The Morgan fingerprint density at radius 1 is 1.36 bits per heavy atom. The average Bonchev–Trinajstić information content (AvgIpc) is 2.81. The highest BCUT2D eigenvalue weighted by Gasteiger charge is 2.22. The lowest BCUT2D eigenvalue weighted by atomic mass is 9.94. The average molecular weight is 299 g/mol. The van der Waals surface area contributed by atoms with E-state index in [9.17, 15) is 9.50 Å². The molecule has 1 aliphatic heterocycles. The van der Waals surface area contributed by atoms with Gasteiger partial charge in [0, 0.05) is 30.6 Å². The Morgan fingerprint density at radius 2 is 2.23 bits per heavy atom. The molecule has 0 saturated heterocycles. The first kappa shape index (κ1) is 13.4. The molecule has 1 atom stereocenters. The molecule has 1 aromatic carbocycles. The van der Waals surface area contributed by atoms with Gasteiger partial charge in [-0.25, -0.2) is 0 Å². The van der Waals surface area contributed by atoms with Crippen molar-refractivity contribution in [2.24, 2.45) is 7.05 Å². The van der Waals surface area contributed by atoms with Crippen LogP contribution in [0.4, 0.5) is 4.39 Å². The standard InChI is InChI=1S/C16H14FN3O2/c1-20-14-4-9(2-3-10(14)16(17)19-20)11-5-18-6-12-13(11)7-22-8-15(12)21/h2-6,15,21H,7-8H2,1H3. The van der Waals surface area contributed by atoms with Gasteiger partial charge in [-0.2, -0.15) is 4.39 Å². The normalized spacial score (nSPS) is 17.7. The highest BCUT2D eigenvalue weighted by Crippen LogP contribution is 2.33. The number of hydrogen-bond acceptors (Lipinski definition) is 4. The summed E-state index contributed by atoms with van der Waals surface area (Å²) in [5.74, 6) is -0.476. The fourth-order valence-corrected chi connectivity index (χ4v) is 2.94. The van der Waals surface area contributed by atoms with E-state index in [4.69, 9.17) is 4.74 Å². The van der Waals surface area contributed by atoms with Gasteiger partial charge in [0.2, 0.25) is 5.95 Å². The van der Waals surface area contributed by atoms with Gasteiger partial charge in [-0.05, 0) is 23.3 Å². The largest absolute Gasteiger partial charge is 0.386 e. The maximum absolute atomic E-state index is 13.7. The van der Waals surface area contributed by atoms with Gasteiger partial charge in [-0.1, -0.05) is 6.07 Å². The Labute approximate surface area is 126 Å². The molecular formula is C16H14FN3O2. The number of pyridine rings is 1. The molecule has 0 bridgehead atoms. The molecule has 0 saturated carbocycles. The zero-order valence-corrected chi connectivity index (χ0v) is 12.0. The molecule has 6 heteroatoms. The Balaban J connectivity index is 1.92. The van der Waals surface area contributed by atoms with Crippen molar-refractivity contribution in [3.05, 3.63) is 47.7 Å². The number of halogens is 1. The number of benzene rings is 1. The summed E-state index contributed by atoms with van der Waals surface area (Å²) in [5.41, 5.74) is 4.22. The Hall–Kier alpha value is -2.31. The molecule has 0 radical (unpaired) electrons. The molecule has 3 heterocycles. The third-order valence-electron chi connectivity index (χ3n) is 4.09. The Morgan fingerprint density at radius 3 is 3.09 bits per heavy atom. The minimum Gasteiger partial charge on any atom is -0.386 e. The van der Waals surface area contributed by atoms with Gasteiger partial charge < -0.3 is 9.84 Å².